The monoisotopic (exact) mass is 558 g/mol. The second-order valence-corrected chi connectivity index (χ2v) is 15.8. The van der Waals surface area contributed by atoms with Crippen LogP contribution in [0.1, 0.15) is 34.1 Å². The Balaban J connectivity index is 1.68. The van der Waals surface area contributed by atoms with Crippen LogP contribution in [0.3, 0.4) is 0 Å². The maximum atomic E-state index is 15.1. The molecule has 0 saturated carbocycles. The molecule has 0 aliphatic heterocycles. The fraction of sp³-hybridized carbons (Fsp3) is 0.273. The summed E-state index contributed by atoms with van der Waals surface area (Å²) in [5, 5.41) is 3.35. The third-order valence-electron chi connectivity index (χ3n) is 7.11. The van der Waals surface area contributed by atoms with E-state index in [1.807, 2.05) is 121 Å². The summed E-state index contributed by atoms with van der Waals surface area (Å²) in [6, 6.07) is 39.4. The summed E-state index contributed by atoms with van der Waals surface area (Å²) in [6.07, 6.45) is 0.726. The van der Waals surface area contributed by atoms with Crippen LogP contribution in [0, 0.1) is 0 Å². The van der Waals surface area contributed by atoms with Crippen molar-refractivity contribution in [2.75, 3.05) is 13.1 Å². The van der Waals surface area contributed by atoms with Crippen LogP contribution < -0.4 is 21.2 Å². The van der Waals surface area contributed by atoms with Gasteiger partial charge in [0.2, 0.25) is 14.6 Å². The highest BCUT2D eigenvalue weighted by molar-refractivity contribution is 7.77. The van der Waals surface area contributed by atoms with Crippen LogP contribution in [-0.4, -0.2) is 34.5 Å². The maximum absolute atomic E-state index is 15.1. The summed E-state index contributed by atoms with van der Waals surface area (Å²) >= 11 is 0. The standard InChI is InChI=1S/C33H40N2O2P2/c1-28(2)34(38(36,30-18-9-5-10-19-30)31-20-11-6-12-21-31)26-17-27-35(29(3)4)39(37,32-22-13-7-14-23-32)33-24-15-8-16-25-33/h5-16,18-25,28-29H,17,26-27H2,1-4H3. The molecule has 0 atom stereocenters. The highest BCUT2D eigenvalue weighted by Crippen LogP contribution is 2.51. The van der Waals surface area contributed by atoms with E-state index in [0.29, 0.717) is 13.1 Å². The van der Waals surface area contributed by atoms with Gasteiger partial charge in [-0.3, -0.25) is 9.13 Å². The van der Waals surface area contributed by atoms with Gasteiger partial charge < -0.3 is 0 Å². The van der Waals surface area contributed by atoms with Crippen molar-refractivity contribution >= 4 is 35.8 Å². The number of benzene rings is 4. The summed E-state index contributed by atoms with van der Waals surface area (Å²) in [7, 11) is -6.17. The molecule has 4 aromatic carbocycles. The number of rotatable bonds is 12. The number of nitrogens with zero attached hydrogens (tertiary/aromatic N) is 2. The summed E-state index contributed by atoms with van der Waals surface area (Å²) in [6.45, 7) is 9.67. The first-order chi connectivity index (χ1) is 18.8. The predicted molar refractivity (Wildman–Crippen MR) is 168 cm³/mol. The molecular formula is C33H40N2O2P2. The maximum Gasteiger partial charge on any atom is 0.207 e. The lowest BCUT2D eigenvalue weighted by atomic mass is 10.3. The molecule has 0 aromatic heterocycles. The molecule has 6 heteroatoms. The minimum Gasteiger partial charge on any atom is -0.296 e. The van der Waals surface area contributed by atoms with Gasteiger partial charge in [0.15, 0.2) is 0 Å². The van der Waals surface area contributed by atoms with Gasteiger partial charge in [-0.2, -0.15) is 0 Å². The molecule has 4 aromatic rings. The molecule has 4 nitrogen and oxygen atoms in total. The Labute approximate surface area is 234 Å². The zero-order valence-corrected chi connectivity index (χ0v) is 25.2. The molecule has 39 heavy (non-hydrogen) atoms. The van der Waals surface area contributed by atoms with E-state index in [1.165, 1.54) is 0 Å². The first kappa shape index (κ1) is 29.2. The lowest BCUT2D eigenvalue weighted by molar-refractivity contribution is 0.311. The van der Waals surface area contributed by atoms with Crippen LogP contribution in [0.15, 0.2) is 121 Å². The minimum absolute atomic E-state index is 0.0544. The Kier molecular flexibility index (Phi) is 9.81. The van der Waals surface area contributed by atoms with Crippen LogP contribution in [0.25, 0.3) is 0 Å². The van der Waals surface area contributed by atoms with Crippen molar-refractivity contribution in [2.24, 2.45) is 0 Å². The average Bonchev–Trinajstić information content (AvgIpc) is 2.98. The SMILES string of the molecule is CC(C)N(CCCN(C(C)C)P(=O)(c1ccccc1)c1ccccc1)P(=O)(c1ccccc1)c1ccccc1. The van der Waals surface area contributed by atoms with Crippen molar-refractivity contribution in [3.8, 4) is 0 Å². The van der Waals surface area contributed by atoms with E-state index < -0.39 is 14.6 Å². The minimum atomic E-state index is -3.09. The first-order valence-electron chi connectivity index (χ1n) is 13.8. The van der Waals surface area contributed by atoms with E-state index in [9.17, 15) is 0 Å². The van der Waals surface area contributed by atoms with E-state index in [1.54, 1.807) is 0 Å². The second-order valence-electron chi connectivity index (χ2n) is 10.4. The Morgan fingerprint density at radius 3 is 0.897 bits per heavy atom. The van der Waals surface area contributed by atoms with E-state index in [4.69, 9.17) is 0 Å². The summed E-state index contributed by atoms with van der Waals surface area (Å²) in [4.78, 5) is 0. The van der Waals surface area contributed by atoms with Gasteiger partial charge in [-0.25, -0.2) is 9.34 Å². The van der Waals surface area contributed by atoms with Crippen molar-refractivity contribution < 1.29 is 9.13 Å². The number of hydrogen-bond donors (Lipinski definition) is 0. The molecule has 0 N–H and O–H groups in total. The van der Waals surface area contributed by atoms with E-state index >= 15 is 9.13 Å². The fourth-order valence-corrected chi connectivity index (χ4v) is 11.5. The van der Waals surface area contributed by atoms with Crippen LogP contribution in [0.4, 0.5) is 0 Å². The van der Waals surface area contributed by atoms with Gasteiger partial charge in [0.05, 0.1) is 0 Å². The van der Waals surface area contributed by atoms with Crippen molar-refractivity contribution in [1.82, 2.24) is 9.34 Å². The smallest absolute Gasteiger partial charge is 0.207 e. The predicted octanol–water partition coefficient (Wildman–Crippen LogP) is 6.66. The molecule has 4 rings (SSSR count). The molecule has 0 spiro atoms. The van der Waals surface area contributed by atoms with Crippen LogP contribution >= 0.6 is 14.6 Å². The average molecular weight is 559 g/mol. The molecule has 0 fully saturated rings. The topological polar surface area (TPSA) is 40.6 Å². The van der Waals surface area contributed by atoms with Gasteiger partial charge in [-0.1, -0.05) is 72.8 Å². The van der Waals surface area contributed by atoms with Gasteiger partial charge in [0.1, 0.15) is 0 Å². The van der Waals surface area contributed by atoms with Gasteiger partial charge >= 0.3 is 0 Å². The largest absolute Gasteiger partial charge is 0.296 e. The Morgan fingerprint density at radius 1 is 0.462 bits per heavy atom. The van der Waals surface area contributed by atoms with Gasteiger partial charge in [0, 0.05) is 46.4 Å². The lowest BCUT2D eigenvalue weighted by Gasteiger charge is -2.38. The van der Waals surface area contributed by atoms with E-state index in [-0.39, 0.29) is 12.1 Å². The third-order valence-corrected chi connectivity index (χ3v) is 13.9. The number of hydrogen-bond acceptors (Lipinski definition) is 2. The molecule has 0 heterocycles. The molecule has 0 aliphatic rings. The van der Waals surface area contributed by atoms with E-state index in [2.05, 4.69) is 37.0 Å². The quantitative estimate of drug-likeness (QED) is 0.183. The lowest BCUT2D eigenvalue weighted by Crippen LogP contribution is -2.41. The van der Waals surface area contributed by atoms with Gasteiger partial charge in [0.25, 0.3) is 0 Å². The van der Waals surface area contributed by atoms with Crippen molar-refractivity contribution in [3.63, 3.8) is 0 Å². The molecule has 0 bridgehead atoms. The van der Waals surface area contributed by atoms with Crippen molar-refractivity contribution in [1.29, 1.82) is 0 Å². The summed E-state index contributed by atoms with van der Waals surface area (Å²) in [5.74, 6) is 0. The van der Waals surface area contributed by atoms with Gasteiger partial charge in [-0.15, -0.1) is 0 Å². The van der Waals surface area contributed by atoms with Crippen molar-refractivity contribution in [3.05, 3.63) is 121 Å². The highest BCUT2D eigenvalue weighted by atomic mass is 31.2. The van der Waals surface area contributed by atoms with Crippen LogP contribution in [0.5, 0.6) is 0 Å². The van der Waals surface area contributed by atoms with Gasteiger partial charge in [-0.05, 0) is 82.6 Å². The first-order valence-corrected chi connectivity index (χ1v) is 17.1. The zero-order valence-electron chi connectivity index (χ0n) is 23.4. The molecule has 0 aliphatic carbocycles. The molecule has 0 amide bonds. The Morgan fingerprint density at radius 2 is 0.692 bits per heavy atom. The van der Waals surface area contributed by atoms with E-state index in [0.717, 1.165) is 27.6 Å². The Hall–Kier alpha value is -2.74. The normalized spacial score (nSPS) is 12.5. The highest BCUT2D eigenvalue weighted by Gasteiger charge is 2.38. The molecule has 204 valence electrons. The van der Waals surface area contributed by atoms with Crippen LogP contribution in [-0.2, 0) is 9.13 Å². The third kappa shape index (κ3) is 6.21. The van der Waals surface area contributed by atoms with Crippen molar-refractivity contribution in [2.45, 2.75) is 46.2 Å². The summed E-state index contributed by atoms with van der Waals surface area (Å²) < 4.78 is 34.4. The molecule has 0 saturated heterocycles. The molecular weight excluding hydrogens is 518 g/mol. The Bertz CT molecular complexity index is 1200. The molecule has 0 radical (unpaired) electrons. The summed E-state index contributed by atoms with van der Waals surface area (Å²) in [5.41, 5.74) is 0. The fourth-order valence-electron chi connectivity index (χ4n) is 5.25. The van der Waals surface area contributed by atoms with Crippen LogP contribution in [0.2, 0.25) is 0 Å². The zero-order chi connectivity index (χ0) is 27.9. The molecule has 0 unspecified atom stereocenters. The second kappa shape index (κ2) is 13.1.